The van der Waals surface area contributed by atoms with E-state index in [2.05, 4.69) is 0 Å². The van der Waals surface area contributed by atoms with E-state index >= 15 is 0 Å². The highest BCUT2D eigenvalue weighted by Gasteiger charge is 1.93. The molecule has 0 spiro atoms. The number of benzene rings is 1. The molecule has 6 heteroatoms. The lowest BCUT2D eigenvalue weighted by Gasteiger charge is -1.91. The summed E-state index contributed by atoms with van der Waals surface area (Å²) < 4.78 is 8.70. The second kappa shape index (κ2) is 5.49. The summed E-state index contributed by atoms with van der Waals surface area (Å²) in [4.78, 5) is 14.2. The van der Waals surface area contributed by atoms with Gasteiger partial charge in [-0.2, -0.15) is 0 Å². The normalized spacial score (nSPS) is 8.17. The molecule has 0 aliphatic rings. The standard InChI is InChI=1S/C6H6O2.HO3P/c7-5-3-1-2-4-6(5)8;1-4(2)3/h1-4,7-8H;(H-,1,2,3)/p+1. The first-order valence-corrected chi connectivity index (χ1v) is 4.02. The average molecular weight is 191 g/mol. The highest BCUT2D eigenvalue weighted by molar-refractivity contribution is 7.30. The molecule has 0 heterocycles. The van der Waals surface area contributed by atoms with Crippen LogP contribution in [0.1, 0.15) is 0 Å². The molecule has 0 radical (unpaired) electrons. The monoisotopic (exact) mass is 191 g/mol. The molecular formula is C6H8O5P+. The molecule has 0 saturated carbocycles. The number of para-hydroxylation sites is 2. The summed E-state index contributed by atoms with van der Waals surface area (Å²) in [5, 5.41) is 17.3. The first-order valence-electron chi connectivity index (χ1n) is 2.86. The Balaban J connectivity index is 0.000000261. The zero-order chi connectivity index (χ0) is 9.56. The predicted molar refractivity (Wildman–Crippen MR) is 41.8 cm³/mol. The first-order chi connectivity index (χ1) is 5.54. The molecular weight excluding hydrogens is 183 g/mol. The van der Waals surface area contributed by atoms with Crippen LogP contribution in [-0.4, -0.2) is 20.0 Å². The highest BCUT2D eigenvalue weighted by Crippen LogP contribution is 2.21. The Morgan fingerprint density at radius 3 is 1.42 bits per heavy atom. The summed E-state index contributed by atoms with van der Waals surface area (Å²) in [6.45, 7) is 0. The summed E-state index contributed by atoms with van der Waals surface area (Å²) in [6, 6.07) is 6.15. The van der Waals surface area contributed by atoms with Crippen LogP contribution < -0.4 is 0 Å². The number of aromatic hydroxyl groups is 2. The molecule has 1 aromatic rings. The molecule has 0 saturated heterocycles. The lowest BCUT2D eigenvalue weighted by molar-refractivity contribution is 0.404. The molecule has 0 unspecified atom stereocenters. The van der Waals surface area contributed by atoms with Crippen molar-refractivity contribution in [2.75, 3.05) is 0 Å². The molecule has 0 aromatic heterocycles. The number of rotatable bonds is 0. The molecule has 0 amide bonds. The van der Waals surface area contributed by atoms with E-state index < -0.39 is 8.25 Å². The Morgan fingerprint density at radius 2 is 1.25 bits per heavy atom. The highest BCUT2D eigenvalue weighted by atomic mass is 31.1. The number of phenols is 2. The molecule has 12 heavy (non-hydrogen) atoms. The second-order valence-electron chi connectivity index (χ2n) is 1.74. The molecule has 5 nitrogen and oxygen atoms in total. The molecule has 4 N–H and O–H groups in total. The minimum Gasteiger partial charge on any atom is -0.504 e. The van der Waals surface area contributed by atoms with Crippen LogP contribution in [0.3, 0.4) is 0 Å². The number of hydrogen-bond donors (Lipinski definition) is 4. The molecule has 0 fully saturated rings. The van der Waals surface area contributed by atoms with Gasteiger partial charge in [0.25, 0.3) is 0 Å². The fourth-order valence-corrected chi connectivity index (χ4v) is 0.464. The van der Waals surface area contributed by atoms with Gasteiger partial charge in [-0.05, 0) is 12.1 Å². The van der Waals surface area contributed by atoms with E-state index in [0.717, 1.165) is 0 Å². The topological polar surface area (TPSA) is 98.0 Å². The van der Waals surface area contributed by atoms with Gasteiger partial charge in [0.1, 0.15) is 0 Å². The van der Waals surface area contributed by atoms with Crippen LogP contribution in [0.5, 0.6) is 11.5 Å². The van der Waals surface area contributed by atoms with E-state index in [-0.39, 0.29) is 11.5 Å². The van der Waals surface area contributed by atoms with Gasteiger partial charge in [0.05, 0.1) is 0 Å². The van der Waals surface area contributed by atoms with E-state index in [1.54, 1.807) is 12.1 Å². The largest absolute Gasteiger partial charge is 0.692 e. The third-order valence-corrected chi connectivity index (χ3v) is 0.882. The van der Waals surface area contributed by atoms with E-state index in [9.17, 15) is 0 Å². The van der Waals surface area contributed by atoms with Crippen LogP contribution in [0.4, 0.5) is 0 Å². The van der Waals surface area contributed by atoms with Gasteiger partial charge in [-0.15, -0.1) is 9.79 Å². The lowest BCUT2D eigenvalue weighted by atomic mass is 10.3. The Labute approximate surface area is 69.5 Å². The Hall–Kier alpha value is -1.16. The van der Waals surface area contributed by atoms with Crippen LogP contribution in [0.15, 0.2) is 24.3 Å². The van der Waals surface area contributed by atoms with Gasteiger partial charge in [0.2, 0.25) is 0 Å². The number of phenolic OH excluding ortho intramolecular Hbond substituents is 2. The van der Waals surface area contributed by atoms with Crippen molar-refractivity contribution >= 4 is 8.25 Å². The smallest absolute Gasteiger partial charge is 0.504 e. The van der Waals surface area contributed by atoms with E-state index in [1.807, 2.05) is 0 Å². The van der Waals surface area contributed by atoms with Gasteiger partial charge < -0.3 is 10.2 Å². The lowest BCUT2D eigenvalue weighted by Crippen LogP contribution is -1.63. The molecule has 1 rings (SSSR count). The summed E-state index contributed by atoms with van der Waals surface area (Å²) in [6.07, 6.45) is 0. The van der Waals surface area contributed by atoms with Crippen molar-refractivity contribution < 1.29 is 24.6 Å². The van der Waals surface area contributed by atoms with E-state index in [0.29, 0.717) is 0 Å². The summed E-state index contributed by atoms with van der Waals surface area (Å²) in [5.41, 5.74) is 0. The SMILES string of the molecule is O=[P+](O)O.Oc1ccccc1O. The third-order valence-electron chi connectivity index (χ3n) is 0.882. The summed E-state index contributed by atoms with van der Waals surface area (Å²) in [5.74, 6) is -0.153. The fraction of sp³-hybridized carbons (Fsp3) is 0. The van der Waals surface area contributed by atoms with Crippen LogP contribution in [0.25, 0.3) is 0 Å². The molecule has 0 atom stereocenters. The predicted octanol–water partition coefficient (Wildman–Crippen LogP) is 0.726. The maximum Gasteiger partial charge on any atom is 0.692 e. The minimum absolute atomic E-state index is 0.0764. The molecule has 0 bridgehead atoms. The first kappa shape index (κ1) is 10.8. The van der Waals surface area contributed by atoms with Crippen molar-refractivity contribution in [3.05, 3.63) is 24.3 Å². The second-order valence-corrected chi connectivity index (χ2v) is 2.25. The Morgan fingerprint density at radius 1 is 1.00 bits per heavy atom. The van der Waals surface area contributed by atoms with Crippen molar-refractivity contribution in [1.29, 1.82) is 0 Å². The van der Waals surface area contributed by atoms with Crippen LogP contribution in [0, 0.1) is 0 Å². The summed E-state index contributed by atoms with van der Waals surface area (Å²) in [7, 11) is -2.87. The van der Waals surface area contributed by atoms with Gasteiger partial charge >= 0.3 is 8.25 Å². The molecule has 0 aliphatic heterocycles. The maximum atomic E-state index is 8.70. The molecule has 66 valence electrons. The quantitative estimate of drug-likeness (QED) is 0.358. The minimum atomic E-state index is -2.87. The zero-order valence-electron chi connectivity index (χ0n) is 5.95. The van der Waals surface area contributed by atoms with Crippen molar-refractivity contribution in [3.8, 4) is 11.5 Å². The van der Waals surface area contributed by atoms with Crippen molar-refractivity contribution in [2.45, 2.75) is 0 Å². The van der Waals surface area contributed by atoms with Crippen molar-refractivity contribution in [3.63, 3.8) is 0 Å². The summed E-state index contributed by atoms with van der Waals surface area (Å²) >= 11 is 0. The van der Waals surface area contributed by atoms with Crippen molar-refractivity contribution in [2.24, 2.45) is 0 Å². The van der Waals surface area contributed by atoms with Crippen molar-refractivity contribution in [1.82, 2.24) is 0 Å². The Bertz CT molecular complexity index is 237. The Kier molecular flexibility index (Phi) is 4.96. The van der Waals surface area contributed by atoms with Crippen LogP contribution in [0.2, 0.25) is 0 Å². The van der Waals surface area contributed by atoms with E-state index in [4.69, 9.17) is 24.6 Å². The van der Waals surface area contributed by atoms with Gasteiger partial charge in [0.15, 0.2) is 11.5 Å². The average Bonchev–Trinajstić information content (AvgIpc) is 1.94. The molecule has 1 aromatic carbocycles. The van der Waals surface area contributed by atoms with Crippen LogP contribution in [-0.2, 0) is 4.57 Å². The van der Waals surface area contributed by atoms with Crippen LogP contribution >= 0.6 is 8.25 Å². The zero-order valence-corrected chi connectivity index (χ0v) is 6.85. The van der Waals surface area contributed by atoms with Gasteiger partial charge in [-0.3, -0.25) is 0 Å². The fourth-order valence-electron chi connectivity index (χ4n) is 0.464. The third kappa shape index (κ3) is 5.61. The van der Waals surface area contributed by atoms with Gasteiger partial charge in [-0.1, -0.05) is 12.1 Å². The van der Waals surface area contributed by atoms with Gasteiger partial charge in [-0.25, -0.2) is 0 Å². The number of hydrogen-bond acceptors (Lipinski definition) is 3. The maximum absolute atomic E-state index is 8.70. The van der Waals surface area contributed by atoms with E-state index in [1.165, 1.54) is 12.1 Å². The molecule has 0 aliphatic carbocycles. The van der Waals surface area contributed by atoms with Gasteiger partial charge in [0, 0.05) is 4.57 Å².